The molecule has 138 valence electrons. The van der Waals surface area contributed by atoms with Crippen molar-refractivity contribution in [3.8, 4) is 5.75 Å². The summed E-state index contributed by atoms with van der Waals surface area (Å²) in [6.45, 7) is 3.76. The number of carbonyl (C=O) groups excluding carboxylic acids is 2. The first-order valence-electron chi connectivity index (χ1n) is 9.09. The number of para-hydroxylation sites is 2. The maximum atomic E-state index is 12.9. The number of benzene rings is 2. The van der Waals surface area contributed by atoms with Gasteiger partial charge >= 0.3 is 5.97 Å². The topological polar surface area (TPSA) is 55.8 Å². The van der Waals surface area contributed by atoms with Crippen molar-refractivity contribution in [2.45, 2.75) is 32.4 Å². The van der Waals surface area contributed by atoms with E-state index in [4.69, 9.17) is 9.47 Å². The molecule has 0 aliphatic carbocycles. The van der Waals surface area contributed by atoms with Crippen molar-refractivity contribution < 1.29 is 19.1 Å². The van der Waals surface area contributed by atoms with E-state index < -0.39 is 12.1 Å². The summed E-state index contributed by atoms with van der Waals surface area (Å²) in [7, 11) is 0. The monoisotopic (exact) mass is 363 g/mol. The number of nitrogens with zero attached hydrogens (tertiary/aromatic N) is 1. The van der Waals surface area contributed by atoms with Crippen LogP contribution in [-0.4, -0.2) is 30.6 Å². The molecule has 5 heteroatoms. The van der Waals surface area contributed by atoms with Gasteiger partial charge < -0.3 is 14.4 Å². The Morgan fingerprint density at radius 3 is 2.74 bits per heavy atom. The van der Waals surface area contributed by atoms with Crippen LogP contribution >= 0.6 is 0 Å². The number of amides is 1. The molecule has 2 heterocycles. The lowest BCUT2D eigenvalue weighted by Crippen LogP contribution is -2.43. The largest absolute Gasteiger partial charge is 0.488 e. The highest BCUT2D eigenvalue weighted by Crippen LogP contribution is 2.33. The van der Waals surface area contributed by atoms with Crippen molar-refractivity contribution in [1.82, 2.24) is 0 Å². The zero-order chi connectivity index (χ0) is 19.0. The summed E-state index contributed by atoms with van der Waals surface area (Å²) >= 11 is 0. The van der Waals surface area contributed by atoms with Crippen LogP contribution in [0.15, 0.2) is 54.1 Å². The predicted octanol–water partition coefficient (Wildman–Crippen LogP) is 3.37. The molecule has 0 saturated heterocycles. The highest BCUT2D eigenvalue weighted by molar-refractivity contribution is 6.02. The van der Waals surface area contributed by atoms with E-state index in [1.165, 1.54) is 0 Å². The SMILES string of the molecule is C[C@@H](OC(=O)C1=Cc2ccccc2OC1)C(=O)N1c2ccccc2C[C@@H]1C. The lowest BCUT2D eigenvalue weighted by atomic mass is 10.1. The lowest BCUT2D eigenvalue weighted by molar-refractivity contribution is -0.150. The molecule has 2 aromatic rings. The van der Waals surface area contributed by atoms with E-state index in [0.29, 0.717) is 5.57 Å². The molecule has 0 fully saturated rings. The van der Waals surface area contributed by atoms with Crippen LogP contribution in [0.4, 0.5) is 5.69 Å². The highest BCUT2D eigenvalue weighted by atomic mass is 16.6. The fourth-order valence-electron chi connectivity index (χ4n) is 3.62. The number of anilines is 1. The molecule has 2 atom stereocenters. The second-order valence-electron chi connectivity index (χ2n) is 6.93. The van der Waals surface area contributed by atoms with Gasteiger partial charge in [0.1, 0.15) is 12.4 Å². The van der Waals surface area contributed by atoms with Gasteiger partial charge in [-0.15, -0.1) is 0 Å². The minimum absolute atomic E-state index is 0.0418. The molecule has 0 unspecified atom stereocenters. The molecule has 0 bridgehead atoms. The number of rotatable bonds is 3. The number of esters is 1. The van der Waals surface area contributed by atoms with Gasteiger partial charge in [-0.1, -0.05) is 36.4 Å². The molecule has 4 rings (SSSR count). The Balaban J connectivity index is 1.48. The van der Waals surface area contributed by atoms with Crippen molar-refractivity contribution in [3.63, 3.8) is 0 Å². The molecule has 0 radical (unpaired) electrons. The van der Waals surface area contributed by atoms with Gasteiger partial charge in [-0.2, -0.15) is 0 Å². The Hall–Kier alpha value is -3.08. The van der Waals surface area contributed by atoms with E-state index in [9.17, 15) is 9.59 Å². The van der Waals surface area contributed by atoms with Gasteiger partial charge in [0.25, 0.3) is 5.91 Å². The normalized spacial score (nSPS) is 18.7. The third-order valence-corrected chi connectivity index (χ3v) is 4.97. The van der Waals surface area contributed by atoms with Gasteiger partial charge in [0, 0.05) is 17.3 Å². The van der Waals surface area contributed by atoms with Crippen molar-refractivity contribution in [1.29, 1.82) is 0 Å². The van der Waals surface area contributed by atoms with Crippen LogP contribution in [0.5, 0.6) is 5.75 Å². The van der Waals surface area contributed by atoms with Gasteiger partial charge in [0.2, 0.25) is 0 Å². The number of fused-ring (bicyclic) bond motifs is 2. The van der Waals surface area contributed by atoms with E-state index in [0.717, 1.165) is 29.0 Å². The fraction of sp³-hybridized carbons (Fsp3) is 0.273. The highest BCUT2D eigenvalue weighted by Gasteiger charge is 2.35. The first kappa shape index (κ1) is 17.3. The van der Waals surface area contributed by atoms with E-state index >= 15 is 0 Å². The molecular weight excluding hydrogens is 342 g/mol. The molecule has 0 spiro atoms. The van der Waals surface area contributed by atoms with E-state index in [2.05, 4.69) is 0 Å². The van der Waals surface area contributed by atoms with Crippen LogP contribution in [0.1, 0.15) is 25.0 Å². The Bertz CT molecular complexity index is 933. The quantitative estimate of drug-likeness (QED) is 0.785. The summed E-state index contributed by atoms with van der Waals surface area (Å²) in [5.41, 5.74) is 3.27. The molecule has 1 amide bonds. The summed E-state index contributed by atoms with van der Waals surface area (Å²) < 4.78 is 11.1. The predicted molar refractivity (Wildman–Crippen MR) is 103 cm³/mol. The molecule has 0 aromatic heterocycles. The molecule has 0 saturated carbocycles. The third-order valence-electron chi connectivity index (χ3n) is 4.97. The first-order valence-corrected chi connectivity index (χ1v) is 9.09. The molecule has 2 aliphatic heterocycles. The average molecular weight is 363 g/mol. The number of ether oxygens (including phenoxy) is 2. The Morgan fingerprint density at radius 1 is 1.15 bits per heavy atom. The van der Waals surface area contributed by atoms with Crippen LogP contribution in [0.3, 0.4) is 0 Å². The van der Waals surface area contributed by atoms with E-state index in [1.807, 2.05) is 55.5 Å². The summed E-state index contributed by atoms with van der Waals surface area (Å²) in [5, 5.41) is 0. The molecule has 5 nitrogen and oxygen atoms in total. The summed E-state index contributed by atoms with van der Waals surface area (Å²) in [5.74, 6) is 0.00434. The third kappa shape index (κ3) is 3.21. The summed E-state index contributed by atoms with van der Waals surface area (Å²) in [6.07, 6.45) is 1.69. The number of carbonyl (C=O) groups is 2. The molecule has 27 heavy (non-hydrogen) atoms. The van der Waals surface area contributed by atoms with E-state index in [1.54, 1.807) is 17.9 Å². The first-order chi connectivity index (χ1) is 13.0. The van der Waals surface area contributed by atoms with Gasteiger partial charge in [0.15, 0.2) is 6.10 Å². The summed E-state index contributed by atoms with van der Waals surface area (Å²) in [4.78, 5) is 27.2. The Kier molecular flexibility index (Phi) is 4.44. The van der Waals surface area contributed by atoms with Crippen molar-refractivity contribution in [2.75, 3.05) is 11.5 Å². The van der Waals surface area contributed by atoms with Crippen LogP contribution in [0, 0.1) is 0 Å². The second kappa shape index (κ2) is 6.91. The molecule has 2 aliphatic rings. The van der Waals surface area contributed by atoms with Crippen molar-refractivity contribution >= 4 is 23.6 Å². The summed E-state index contributed by atoms with van der Waals surface area (Å²) in [6, 6.07) is 15.4. The molecule has 0 N–H and O–H groups in total. The molecule has 2 aromatic carbocycles. The zero-order valence-corrected chi connectivity index (χ0v) is 15.3. The minimum atomic E-state index is -0.871. The van der Waals surface area contributed by atoms with Crippen LogP contribution in [0.2, 0.25) is 0 Å². The molecular formula is C22H21NO4. The van der Waals surface area contributed by atoms with Crippen molar-refractivity contribution in [2.24, 2.45) is 0 Å². The second-order valence-corrected chi connectivity index (χ2v) is 6.93. The van der Waals surface area contributed by atoms with Crippen molar-refractivity contribution in [3.05, 3.63) is 65.2 Å². The minimum Gasteiger partial charge on any atom is -0.488 e. The Morgan fingerprint density at radius 2 is 1.89 bits per heavy atom. The number of hydrogen-bond acceptors (Lipinski definition) is 4. The van der Waals surface area contributed by atoms with Crippen LogP contribution < -0.4 is 9.64 Å². The maximum Gasteiger partial charge on any atom is 0.338 e. The van der Waals surface area contributed by atoms with Crippen LogP contribution in [-0.2, 0) is 20.7 Å². The standard InChI is InChI=1S/C22H21NO4/c1-14-11-16-7-3-5-9-19(16)23(14)21(24)15(2)27-22(25)18-12-17-8-4-6-10-20(17)26-13-18/h3-10,12,14-15H,11,13H2,1-2H3/t14-,15+/m0/s1. The van der Waals surface area contributed by atoms with Gasteiger partial charge in [-0.25, -0.2) is 4.79 Å². The maximum absolute atomic E-state index is 12.9. The Labute approximate surface area is 158 Å². The lowest BCUT2D eigenvalue weighted by Gasteiger charge is -2.26. The van der Waals surface area contributed by atoms with Crippen LogP contribution in [0.25, 0.3) is 6.08 Å². The zero-order valence-electron chi connectivity index (χ0n) is 15.3. The fourth-order valence-corrected chi connectivity index (χ4v) is 3.62. The average Bonchev–Trinajstić information content (AvgIpc) is 3.02. The van der Waals surface area contributed by atoms with Gasteiger partial charge in [-0.3, -0.25) is 4.79 Å². The van der Waals surface area contributed by atoms with Gasteiger partial charge in [-0.05, 0) is 44.0 Å². The van der Waals surface area contributed by atoms with E-state index in [-0.39, 0.29) is 18.6 Å². The number of hydrogen-bond donors (Lipinski definition) is 0. The smallest absolute Gasteiger partial charge is 0.338 e. The van der Waals surface area contributed by atoms with Gasteiger partial charge in [0.05, 0.1) is 5.57 Å².